The van der Waals surface area contributed by atoms with E-state index in [1.54, 1.807) is 44.4 Å². The lowest BCUT2D eigenvalue weighted by Gasteiger charge is -2.18. The molecule has 1 heterocycles. The third-order valence-electron chi connectivity index (χ3n) is 3.63. The zero-order chi connectivity index (χ0) is 15.2. The van der Waals surface area contributed by atoms with Gasteiger partial charge in [-0.2, -0.15) is 0 Å². The van der Waals surface area contributed by atoms with E-state index < -0.39 is 0 Å². The van der Waals surface area contributed by atoms with E-state index in [0.717, 1.165) is 19.5 Å². The first kappa shape index (κ1) is 15.4. The minimum absolute atomic E-state index is 0.114. The van der Waals surface area contributed by atoms with E-state index in [1.807, 2.05) is 0 Å². The molecule has 0 spiro atoms. The van der Waals surface area contributed by atoms with Crippen molar-refractivity contribution in [3.05, 3.63) is 18.2 Å². The van der Waals surface area contributed by atoms with Gasteiger partial charge in [0.15, 0.2) is 0 Å². The Morgan fingerprint density at radius 2 is 2.14 bits per heavy atom. The lowest BCUT2D eigenvalue weighted by atomic mass is 10.1. The average Bonchev–Trinajstić information content (AvgIpc) is 2.96. The summed E-state index contributed by atoms with van der Waals surface area (Å²) in [6, 6.07) is 5.19. The van der Waals surface area contributed by atoms with Crippen molar-refractivity contribution in [2.24, 2.45) is 5.92 Å². The predicted molar refractivity (Wildman–Crippen MR) is 80.1 cm³/mol. The average molecular weight is 294 g/mol. The summed E-state index contributed by atoms with van der Waals surface area (Å²) in [5.74, 6) is 1.68. The van der Waals surface area contributed by atoms with Crippen LogP contribution in [0.4, 0.5) is 10.5 Å². The number of carbonyl (C=O) groups is 1. The number of urea groups is 1. The minimum atomic E-state index is -0.114. The van der Waals surface area contributed by atoms with Crippen LogP contribution in [-0.4, -0.2) is 52.0 Å². The van der Waals surface area contributed by atoms with Gasteiger partial charge in [-0.05, 0) is 18.6 Å². The Morgan fingerprint density at radius 3 is 2.81 bits per heavy atom. The van der Waals surface area contributed by atoms with Gasteiger partial charge in [-0.3, -0.25) is 0 Å². The van der Waals surface area contributed by atoms with E-state index in [2.05, 4.69) is 5.32 Å². The fourth-order valence-electron chi connectivity index (χ4n) is 2.48. The Kier molecular flexibility index (Phi) is 5.27. The van der Waals surface area contributed by atoms with Crippen LogP contribution in [0.15, 0.2) is 18.2 Å². The largest absolute Gasteiger partial charge is 0.497 e. The number of amides is 2. The van der Waals surface area contributed by atoms with E-state index in [0.29, 0.717) is 29.7 Å². The number of methoxy groups -OCH3 is 3. The summed E-state index contributed by atoms with van der Waals surface area (Å²) >= 11 is 0. The molecule has 1 aromatic rings. The molecule has 2 rings (SSSR count). The standard InChI is InChI=1S/C15H22N2O4/c1-19-10-11-6-7-17(9-11)15(18)16-13-5-4-12(20-2)8-14(13)21-3/h4-5,8,11H,6-7,9-10H2,1-3H3,(H,16,18). The zero-order valence-electron chi connectivity index (χ0n) is 12.7. The van der Waals surface area contributed by atoms with Crippen molar-refractivity contribution in [3.8, 4) is 11.5 Å². The third kappa shape index (κ3) is 3.78. The first-order chi connectivity index (χ1) is 10.2. The summed E-state index contributed by atoms with van der Waals surface area (Å²) in [5.41, 5.74) is 0.637. The number of ether oxygens (including phenoxy) is 3. The molecule has 2 amide bonds. The molecule has 1 fully saturated rings. The second-order valence-corrected chi connectivity index (χ2v) is 5.05. The maximum atomic E-state index is 12.3. The number of likely N-dealkylation sites (tertiary alicyclic amines) is 1. The van der Waals surface area contributed by atoms with Gasteiger partial charge in [0, 0.05) is 32.2 Å². The van der Waals surface area contributed by atoms with Crippen molar-refractivity contribution >= 4 is 11.7 Å². The second-order valence-electron chi connectivity index (χ2n) is 5.05. The van der Waals surface area contributed by atoms with E-state index in [9.17, 15) is 4.79 Å². The highest BCUT2D eigenvalue weighted by Gasteiger charge is 2.26. The minimum Gasteiger partial charge on any atom is -0.497 e. The van der Waals surface area contributed by atoms with Crippen molar-refractivity contribution < 1.29 is 19.0 Å². The number of hydrogen-bond acceptors (Lipinski definition) is 4. The molecule has 1 aromatic carbocycles. The van der Waals surface area contributed by atoms with Crippen LogP contribution >= 0.6 is 0 Å². The molecule has 116 valence electrons. The van der Waals surface area contributed by atoms with Gasteiger partial charge < -0.3 is 24.4 Å². The van der Waals surface area contributed by atoms with Crippen molar-refractivity contribution in [2.45, 2.75) is 6.42 Å². The van der Waals surface area contributed by atoms with Gasteiger partial charge in [-0.15, -0.1) is 0 Å². The Hall–Kier alpha value is -1.95. The van der Waals surface area contributed by atoms with Gasteiger partial charge in [-0.1, -0.05) is 0 Å². The number of carbonyl (C=O) groups excluding carboxylic acids is 1. The summed E-state index contributed by atoms with van der Waals surface area (Å²) in [4.78, 5) is 14.1. The summed E-state index contributed by atoms with van der Waals surface area (Å²) in [5, 5.41) is 2.88. The first-order valence-electron chi connectivity index (χ1n) is 6.94. The molecule has 1 N–H and O–H groups in total. The molecular formula is C15H22N2O4. The summed E-state index contributed by atoms with van der Waals surface area (Å²) in [7, 11) is 4.84. The Morgan fingerprint density at radius 1 is 1.33 bits per heavy atom. The van der Waals surface area contributed by atoms with Gasteiger partial charge in [0.1, 0.15) is 11.5 Å². The zero-order valence-corrected chi connectivity index (χ0v) is 12.7. The van der Waals surface area contributed by atoms with E-state index in [4.69, 9.17) is 14.2 Å². The molecule has 1 aliphatic rings. The molecule has 21 heavy (non-hydrogen) atoms. The molecule has 1 unspecified atom stereocenters. The molecule has 6 nitrogen and oxygen atoms in total. The number of nitrogens with zero attached hydrogens (tertiary/aromatic N) is 1. The molecule has 0 aromatic heterocycles. The highest BCUT2D eigenvalue weighted by molar-refractivity contribution is 5.91. The van der Waals surface area contributed by atoms with Gasteiger partial charge in [0.2, 0.25) is 0 Å². The molecule has 0 aliphatic carbocycles. The molecule has 1 saturated heterocycles. The topological polar surface area (TPSA) is 60.0 Å². The predicted octanol–water partition coefficient (Wildman–Crippen LogP) is 2.20. The van der Waals surface area contributed by atoms with Crippen molar-refractivity contribution in [3.63, 3.8) is 0 Å². The Bertz CT molecular complexity index is 493. The summed E-state index contributed by atoms with van der Waals surface area (Å²) in [6.07, 6.45) is 0.973. The quantitative estimate of drug-likeness (QED) is 0.904. The summed E-state index contributed by atoms with van der Waals surface area (Å²) in [6.45, 7) is 2.16. The second kappa shape index (κ2) is 7.17. The van der Waals surface area contributed by atoms with Crippen LogP contribution < -0.4 is 14.8 Å². The van der Waals surface area contributed by atoms with Crippen molar-refractivity contribution in [1.29, 1.82) is 0 Å². The maximum absolute atomic E-state index is 12.3. The Balaban J connectivity index is 2.00. The van der Waals surface area contributed by atoms with Crippen LogP contribution in [0.2, 0.25) is 0 Å². The molecule has 0 radical (unpaired) electrons. The van der Waals surface area contributed by atoms with Crippen LogP contribution in [0, 0.1) is 5.92 Å². The number of nitrogens with one attached hydrogen (secondary N) is 1. The monoisotopic (exact) mass is 294 g/mol. The van der Waals surface area contributed by atoms with E-state index >= 15 is 0 Å². The lowest BCUT2D eigenvalue weighted by molar-refractivity contribution is 0.154. The SMILES string of the molecule is COCC1CCN(C(=O)Nc2ccc(OC)cc2OC)C1. The molecule has 1 aliphatic heterocycles. The number of benzene rings is 1. The smallest absolute Gasteiger partial charge is 0.321 e. The van der Waals surface area contributed by atoms with Crippen molar-refractivity contribution in [1.82, 2.24) is 4.90 Å². The maximum Gasteiger partial charge on any atom is 0.321 e. The number of anilines is 1. The normalized spacial score (nSPS) is 17.7. The van der Waals surface area contributed by atoms with Crippen molar-refractivity contribution in [2.75, 3.05) is 46.3 Å². The van der Waals surface area contributed by atoms with Gasteiger partial charge >= 0.3 is 6.03 Å². The van der Waals surface area contributed by atoms with E-state index in [1.165, 1.54) is 0 Å². The van der Waals surface area contributed by atoms with Crippen LogP contribution in [0.25, 0.3) is 0 Å². The van der Waals surface area contributed by atoms with Gasteiger partial charge in [0.05, 0.1) is 26.5 Å². The number of rotatable bonds is 5. The lowest BCUT2D eigenvalue weighted by Crippen LogP contribution is -2.33. The highest BCUT2D eigenvalue weighted by atomic mass is 16.5. The van der Waals surface area contributed by atoms with Crippen LogP contribution in [-0.2, 0) is 4.74 Å². The van der Waals surface area contributed by atoms with Crippen LogP contribution in [0.1, 0.15) is 6.42 Å². The fourth-order valence-corrected chi connectivity index (χ4v) is 2.48. The van der Waals surface area contributed by atoms with Gasteiger partial charge in [0.25, 0.3) is 0 Å². The Labute approximate surface area is 125 Å². The van der Waals surface area contributed by atoms with Crippen LogP contribution in [0.3, 0.4) is 0 Å². The molecule has 0 saturated carbocycles. The highest BCUT2D eigenvalue weighted by Crippen LogP contribution is 2.29. The number of hydrogen-bond donors (Lipinski definition) is 1. The summed E-state index contributed by atoms with van der Waals surface area (Å²) < 4.78 is 15.6. The molecule has 1 atom stereocenters. The van der Waals surface area contributed by atoms with Gasteiger partial charge in [-0.25, -0.2) is 4.79 Å². The molecular weight excluding hydrogens is 272 g/mol. The third-order valence-corrected chi connectivity index (χ3v) is 3.63. The fraction of sp³-hybridized carbons (Fsp3) is 0.533. The first-order valence-corrected chi connectivity index (χ1v) is 6.94. The van der Waals surface area contributed by atoms with E-state index in [-0.39, 0.29) is 6.03 Å². The van der Waals surface area contributed by atoms with Crippen LogP contribution in [0.5, 0.6) is 11.5 Å². The molecule has 0 bridgehead atoms. The molecule has 6 heteroatoms.